The number of sulfonamides is 1. The van der Waals surface area contributed by atoms with Crippen molar-refractivity contribution in [3.63, 3.8) is 0 Å². The van der Waals surface area contributed by atoms with Gasteiger partial charge in [0.15, 0.2) is 0 Å². The van der Waals surface area contributed by atoms with Gasteiger partial charge in [-0.15, -0.1) is 0 Å². The maximum atomic E-state index is 13.6. The number of likely N-dealkylation sites (N-methyl/N-ethyl adjacent to an activating group) is 1. The highest BCUT2D eigenvalue weighted by molar-refractivity contribution is 7.89. The van der Waals surface area contributed by atoms with Gasteiger partial charge in [-0.05, 0) is 62.8 Å². The third kappa shape index (κ3) is 5.24. The summed E-state index contributed by atoms with van der Waals surface area (Å²) in [7, 11) is 0.102. The summed E-state index contributed by atoms with van der Waals surface area (Å²) < 4.78 is 40.9. The van der Waals surface area contributed by atoms with Crippen molar-refractivity contribution >= 4 is 15.9 Å². The van der Waals surface area contributed by atoms with Crippen LogP contribution in [0.4, 0.5) is 4.39 Å². The van der Waals surface area contributed by atoms with Gasteiger partial charge in [0.1, 0.15) is 5.82 Å². The van der Waals surface area contributed by atoms with Crippen molar-refractivity contribution in [1.29, 1.82) is 0 Å². The molecular formula is C22H28FN3O3S. The van der Waals surface area contributed by atoms with Gasteiger partial charge in [0.25, 0.3) is 5.91 Å². The van der Waals surface area contributed by atoms with E-state index in [2.05, 4.69) is 5.32 Å². The molecule has 3 rings (SSSR count). The molecule has 1 amide bonds. The molecule has 2 aromatic carbocycles. The summed E-state index contributed by atoms with van der Waals surface area (Å²) in [6, 6.07) is 12.2. The number of carbonyl (C=O) groups is 1. The van der Waals surface area contributed by atoms with Crippen LogP contribution in [0.25, 0.3) is 0 Å². The fourth-order valence-corrected chi connectivity index (χ4v) is 5.22. The number of carbonyl (C=O) groups excluding carboxylic acids is 1. The average Bonchev–Trinajstić information content (AvgIpc) is 2.74. The molecule has 162 valence electrons. The van der Waals surface area contributed by atoms with E-state index in [0.29, 0.717) is 13.1 Å². The van der Waals surface area contributed by atoms with E-state index in [0.717, 1.165) is 24.8 Å². The summed E-state index contributed by atoms with van der Waals surface area (Å²) in [6.45, 7) is 1.28. The van der Waals surface area contributed by atoms with Crippen molar-refractivity contribution in [2.75, 3.05) is 33.7 Å². The van der Waals surface area contributed by atoms with Crippen LogP contribution in [0.2, 0.25) is 0 Å². The minimum absolute atomic E-state index is 0.131. The minimum Gasteiger partial charge on any atom is -0.350 e. The maximum Gasteiger partial charge on any atom is 0.251 e. The highest BCUT2D eigenvalue weighted by Gasteiger charge is 2.26. The lowest BCUT2D eigenvalue weighted by atomic mass is 10.1. The number of nitrogens with one attached hydrogen (secondary N) is 1. The Morgan fingerprint density at radius 3 is 2.47 bits per heavy atom. The van der Waals surface area contributed by atoms with Crippen molar-refractivity contribution in [3.05, 3.63) is 65.5 Å². The Morgan fingerprint density at radius 1 is 1.10 bits per heavy atom. The molecule has 0 radical (unpaired) electrons. The first-order chi connectivity index (χ1) is 14.3. The lowest BCUT2D eigenvalue weighted by molar-refractivity contribution is 0.0941. The van der Waals surface area contributed by atoms with Gasteiger partial charge in [-0.2, -0.15) is 4.31 Å². The zero-order valence-corrected chi connectivity index (χ0v) is 18.2. The van der Waals surface area contributed by atoms with E-state index in [-0.39, 0.29) is 34.8 Å². The molecule has 8 heteroatoms. The normalized spacial score (nSPS) is 16.4. The van der Waals surface area contributed by atoms with E-state index in [1.165, 1.54) is 28.6 Å². The molecule has 2 aromatic rings. The molecule has 1 heterocycles. The lowest BCUT2D eigenvalue weighted by Gasteiger charge is -2.26. The smallest absolute Gasteiger partial charge is 0.251 e. The summed E-state index contributed by atoms with van der Waals surface area (Å²) in [5.74, 6) is -0.699. The molecular weight excluding hydrogens is 405 g/mol. The molecule has 1 aliphatic rings. The van der Waals surface area contributed by atoms with E-state index in [1.807, 2.05) is 25.1 Å². The van der Waals surface area contributed by atoms with Gasteiger partial charge in [0, 0.05) is 25.2 Å². The Bertz CT molecular complexity index is 989. The van der Waals surface area contributed by atoms with E-state index in [4.69, 9.17) is 0 Å². The molecule has 1 unspecified atom stereocenters. The average molecular weight is 434 g/mol. The Balaban J connectivity index is 1.73. The number of benzene rings is 2. The number of piperidine rings is 1. The number of hydrogen-bond acceptors (Lipinski definition) is 4. The first kappa shape index (κ1) is 22.4. The van der Waals surface area contributed by atoms with Crippen LogP contribution in [0, 0.1) is 5.82 Å². The first-order valence-corrected chi connectivity index (χ1v) is 11.5. The minimum atomic E-state index is -3.61. The molecule has 0 bridgehead atoms. The zero-order valence-electron chi connectivity index (χ0n) is 17.3. The van der Waals surface area contributed by atoms with Gasteiger partial charge in [-0.25, -0.2) is 12.8 Å². The van der Waals surface area contributed by atoms with Crippen LogP contribution in [-0.4, -0.2) is 57.3 Å². The van der Waals surface area contributed by atoms with E-state index >= 15 is 0 Å². The highest BCUT2D eigenvalue weighted by Crippen LogP contribution is 2.22. The van der Waals surface area contributed by atoms with E-state index in [1.54, 1.807) is 18.2 Å². The summed E-state index contributed by atoms with van der Waals surface area (Å²) in [5.41, 5.74) is 1.03. The standard InChI is InChI=1S/C22H28FN3O3S/c1-25(2)21(17-8-6-10-19(23)14-17)16-24-22(27)18-9-7-11-20(15-18)30(28,29)26-12-4-3-5-13-26/h6-11,14-15,21H,3-5,12-13,16H2,1-2H3,(H,24,27). The molecule has 0 aromatic heterocycles. The maximum absolute atomic E-state index is 13.6. The second-order valence-electron chi connectivity index (χ2n) is 7.74. The molecule has 6 nitrogen and oxygen atoms in total. The molecule has 1 aliphatic heterocycles. The molecule has 1 atom stereocenters. The van der Waals surface area contributed by atoms with Crippen LogP contribution in [0.15, 0.2) is 53.4 Å². The van der Waals surface area contributed by atoms with Crippen molar-refractivity contribution in [2.24, 2.45) is 0 Å². The number of amides is 1. The summed E-state index contributed by atoms with van der Waals surface area (Å²) in [4.78, 5) is 14.7. The van der Waals surface area contributed by atoms with Crippen LogP contribution in [0.3, 0.4) is 0 Å². The number of nitrogens with zero attached hydrogens (tertiary/aromatic N) is 2. The predicted octanol–water partition coefficient (Wildman–Crippen LogP) is 3.03. The molecule has 1 saturated heterocycles. The Hall–Kier alpha value is -2.29. The summed E-state index contributed by atoms with van der Waals surface area (Å²) in [6.07, 6.45) is 2.74. The monoisotopic (exact) mass is 433 g/mol. The number of rotatable bonds is 7. The molecule has 1 N–H and O–H groups in total. The lowest BCUT2D eigenvalue weighted by Crippen LogP contribution is -2.36. The number of hydrogen-bond donors (Lipinski definition) is 1. The van der Waals surface area contributed by atoms with Crippen molar-refractivity contribution < 1.29 is 17.6 Å². The van der Waals surface area contributed by atoms with E-state index in [9.17, 15) is 17.6 Å². The van der Waals surface area contributed by atoms with Gasteiger partial charge in [-0.1, -0.05) is 24.6 Å². The third-order valence-corrected chi connectivity index (χ3v) is 7.26. The largest absolute Gasteiger partial charge is 0.350 e. The van der Waals surface area contributed by atoms with Gasteiger partial charge in [-0.3, -0.25) is 4.79 Å². The fourth-order valence-electron chi connectivity index (χ4n) is 3.66. The van der Waals surface area contributed by atoms with Crippen LogP contribution in [-0.2, 0) is 10.0 Å². The predicted molar refractivity (Wildman–Crippen MR) is 114 cm³/mol. The Labute approximate surface area is 177 Å². The third-order valence-electron chi connectivity index (χ3n) is 5.36. The molecule has 30 heavy (non-hydrogen) atoms. The Kier molecular flexibility index (Phi) is 7.23. The Morgan fingerprint density at radius 2 is 1.80 bits per heavy atom. The van der Waals surface area contributed by atoms with Crippen LogP contribution in [0.1, 0.15) is 41.2 Å². The van der Waals surface area contributed by atoms with Crippen molar-refractivity contribution in [1.82, 2.24) is 14.5 Å². The van der Waals surface area contributed by atoms with Crippen LogP contribution in [0.5, 0.6) is 0 Å². The van der Waals surface area contributed by atoms with Crippen molar-refractivity contribution in [2.45, 2.75) is 30.2 Å². The molecule has 1 fully saturated rings. The molecule has 0 spiro atoms. The second kappa shape index (κ2) is 9.68. The van der Waals surface area contributed by atoms with Gasteiger partial charge >= 0.3 is 0 Å². The quantitative estimate of drug-likeness (QED) is 0.729. The topological polar surface area (TPSA) is 69.7 Å². The van der Waals surface area contributed by atoms with Crippen LogP contribution < -0.4 is 5.32 Å². The van der Waals surface area contributed by atoms with Gasteiger partial charge < -0.3 is 10.2 Å². The first-order valence-electron chi connectivity index (χ1n) is 10.1. The molecule has 0 saturated carbocycles. The second-order valence-corrected chi connectivity index (χ2v) is 9.67. The van der Waals surface area contributed by atoms with Crippen molar-refractivity contribution in [3.8, 4) is 0 Å². The van der Waals surface area contributed by atoms with Gasteiger partial charge in [0.2, 0.25) is 10.0 Å². The zero-order chi connectivity index (χ0) is 21.7. The summed E-state index contributed by atoms with van der Waals surface area (Å²) in [5, 5.41) is 2.85. The van der Waals surface area contributed by atoms with Gasteiger partial charge in [0.05, 0.1) is 10.9 Å². The SMILES string of the molecule is CN(C)C(CNC(=O)c1cccc(S(=O)(=O)N2CCCCC2)c1)c1cccc(F)c1. The number of halogens is 1. The van der Waals surface area contributed by atoms with E-state index < -0.39 is 10.0 Å². The van der Waals surface area contributed by atoms with Crippen LogP contribution >= 0.6 is 0 Å². The fraction of sp³-hybridized carbons (Fsp3) is 0.409. The summed E-state index contributed by atoms with van der Waals surface area (Å²) >= 11 is 0. The highest BCUT2D eigenvalue weighted by atomic mass is 32.2. The molecule has 0 aliphatic carbocycles.